The molecule has 2 heterocycles. The maximum atomic E-state index is 13.0. The molecule has 0 atom stereocenters. The Labute approximate surface area is 128 Å². The minimum absolute atomic E-state index is 0.190. The summed E-state index contributed by atoms with van der Waals surface area (Å²) in [5.41, 5.74) is 1.08. The molecule has 1 aromatic heterocycles. The Morgan fingerprint density at radius 3 is 2.52 bits per heavy atom. The summed E-state index contributed by atoms with van der Waals surface area (Å²) in [5.74, 6) is 0.708. The highest BCUT2D eigenvalue weighted by atomic mass is 35.5. The number of benzene rings is 1. The van der Waals surface area contributed by atoms with Crippen molar-refractivity contribution in [2.24, 2.45) is 0 Å². The molecule has 5 heteroatoms. The predicted octanol–water partition coefficient (Wildman–Crippen LogP) is 3.78. The third-order valence-electron chi connectivity index (χ3n) is 3.79. The standard InChI is InChI=1S/C16H18ClFN2O/c17-16-7-6-15(21-16)12-19-8-1-9-20(11-10-19)14-4-2-13(18)3-5-14/h2-7H,1,8-12H2. The number of hydrogen-bond donors (Lipinski definition) is 0. The van der Waals surface area contributed by atoms with Gasteiger partial charge in [-0.05, 0) is 54.4 Å². The maximum absolute atomic E-state index is 13.0. The summed E-state index contributed by atoms with van der Waals surface area (Å²) in [7, 11) is 0. The van der Waals surface area contributed by atoms with Crippen LogP contribution in [0, 0.1) is 5.82 Å². The molecule has 0 amide bonds. The molecule has 0 saturated carbocycles. The molecule has 3 nitrogen and oxygen atoms in total. The fraction of sp³-hybridized carbons (Fsp3) is 0.375. The van der Waals surface area contributed by atoms with Crippen LogP contribution in [0.5, 0.6) is 0 Å². The third-order valence-corrected chi connectivity index (χ3v) is 3.99. The van der Waals surface area contributed by atoms with Gasteiger partial charge in [-0.15, -0.1) is 0 Å². The summed E-state index contributed by atoms with van der Waals surface area (Å²) in [6.45, 7) is 4.68. The Morgan fingerprint density at radius 1 is 1.00 bits per heavy atom. The number of nitrogens with zero attached hydrogens (tertiary/aromatic N) is 2. The molecule has 21 heavy (non-hydrogen) atoms. The van der Waals surface area contributed by atoms with Crippen molar-refractivity contribution in [1.29, 1.82) is 0 Å². The molecule has 0 aliphatic carbocycles. The van der Waals surface area contributed by atoms with E-state index < -0.39 is 0 Å². The number of hydrogen-bond acceptors (Lipinski definition) is 3. The zero-order chi connectivity index (χ0) is 14.7. The second-order valence-corrected chi connectivity index (χ2v) is 5.67. The lowest BCUT2D eigenvalue weighted by atomic mass is 10.2. The molecule has 3 rings (SSSR count). The van der Waals surface area contributed by atoms with Gasteiger partial charge < -0.3 is 9.32 Å². The van der Waals surface area contributed by atoms with Crippen LogP contribution in [0.2, 0.25) is 5.22 Å². The van der Waals surface area contributed by atoms with Gasteiger partial charge in [0, 0.05) is 31.9 Å². The summed E-state index contributed by atoms with van der Waals surface area (Å²) in [4.78, 5) is 4.66. The zero-order valence-corrected chi connectivity index (χ0v) is 12.5. The molecule has 1 fully saturated rings. The Bertz CT molecular complexity index is 584. The smallest absolute Gasteiger partial charge is 0.193 e. The van der Waals surface area contributed by atoms with Gasteiger partial charge in [-0.2, -0.15) is 0 Å². The molecule has 0 radical (unpaired) electrons. The highest BCUT2D eigenvalue weighted by molar-refractivity contribution is 6.28. The van der Waals surface area contributed by atoms with Crippen LogP contribution in [0.25, 0.3) is 0 Å². The van der Waals surface area contributed by atoms with E-state index >= 15 is 0 Å². The molecular formula is C16H18ClFN2O. The van der Waals surface area contributed by atoms with Gasteiger partial charge in [0.2, 0.25) is 0 Å². The molecule has 0 spiro atoms. The lowest BCUT2D eigenvalue weighted by molar-refractivity contribution is 0.260. The quantitative estimate of drug-likeness (QED) is 0.860. The van der Waals surface area contributed by atoms with E-state index in [4.69, 9.17) is 16.0 Å². The average molecular weight is 309 g/mol. The largest absolute Gasteiger partial charge is 0.448 e. The third kappa shape index (κ3) is 3.77. The Morgan fingerprint density at radius 2 is 1.81 bits per heavy atom. The maximum Gasteiger partial charge on any atom is 0.193 e. The Hall–Kier alpha value is -1.52. The summed E-state index contributed by atoms with van der Waals surface area (Å²) in [6.07, 6.45) is 1.08. The van der Waals surface area contributed by atoms with Crippen molar-refractivity contribution >= 4 is 17.3 Å². The van der Waals surface area contributed by atoms with Gasteiger partial charge in [-0.1, -0.05) is 0 Å². The highest BCUT2D eigenvalue weighted by Crippen LogP contribution is 2.19. The molecule has 1 aliphatic heterocycles. The highest BCUT2D eigenvalue weighted by Gasteiger charge is 2.16. The van der Waals surface area contributed by atoms with Crippen LogP contribution in [0.1, 0.15) is 12.2 Å². The van der Waals surface area contributed by atoms with Crippen LogP contribution in [0.15, 0.2) is 40.8 Å². The van der Waals surface area contributed by atoms with E-state index in [2.05, 4.69) is 9.80 Å². The molecule has 1 aliphatic rings. The first-order valence-electron chi connectivity index (χ1n) is 7.18. The van der Waals surface area contributed by atoms with E-state index in [1.807, 2.05) is 18.2 Å². The van der Waals surface area contributed by atoms with Crippen molar-refractivity contribution in [3.8, 4) is 0 Å². The number of rotatable bonds is 3. The Balaban J connectivity index is 1.60. The molecule has 0 unspecified atom stereocenters. The first kappa shape index (κ1) is 14.4. The van der Waals surface area contributed by atoms with E-state index in [1.165, 1.54) is 12.1 Å². The minimum Gasteiger partial charge on any atom is -0.448 e. The summed E-state index contributed by atoms with van der Waals surface area (Å²) < 4.78 is 18.4. The van der Waals surface area contributed by atoms with Crippen molar-refractivity contribution in [2.75, 3.05) is 31.1 Å². The van der Waals surface area contributed by atoms with Gasteiger partial charge in [-0.3, -0.25) is 4.90 Å². The molecule has 1 aromatic carbocycles. The summed E-state index contributed by atoms with van der Waals surface area (Å²) in [5, 5.41) is 0.438. The van der Waals surface area contributed by atoms with Gasteiger partial charge >= 0.3 is 0 Å². The van der Waals surface area contributed by atoms with Gasteiger partial charge in [0.25, 0.3) is 0 Å². The van der Waals surface area contributed by atoms with Crippen molar-refractivity contribution in [1.82, 2.24) is 4.90 Å². The molecule has 2 aromatic rings. The summed E-state index contributed by atoms with van der Waals surface area (Å²) in [6, 6.07) is 10.4. The van der Waals surface area contributed by atoms with Crippen LogP contribution in [0.4, 0.5) is 10.1 Å². The van der Waals surface area contributed by atoms with Crippen LogP contribution in [0.3, 0.4) is 0 Å². The Kier molecular flexibility index (Phi) is 4.46. The molecule has 1 saturated heterocycles. The topological polar surface area (TPSA) is 19.6 Å². The molecule has 0 N–H and O–H groups in total. The van der Waals surface area contributed by atoms with Crippen molar-refractivity contribution in [2.45, 2.75) is 13.0 Å². The fourth-order valence-corrected chi connectivity index (χ4v) is 2.86. The predicted molar refractivity (Wildman–Crippen MR) is 82.2 cm³/mol. The second-order valence-electron chi connectivity index (χ2n) is 5.30. The molecule has 112 valence electrons. The van der Waals surface area contributed by atoms with Gasteiger partial charge in [-0.25, -0.2) is 4.39 Å². The van der Waals surface area contributed by atoms with Gasteiger partial charge in [0.15, 0.2) is 5.22 Å². The lowest BCUT2D eigenvalue weighted by Gasteiger charge is -2.23. The van der Waals surface area contributed by atoms with Crippen molar-refractivity contribution in [3.05, 3.63) is 53.2 Å². The monoisotopic (exact) mass is 308 g/mol. The van der Waals surface area contributed by atoms with E-state index in [-0.39, 0.29) is 5.82 Å². The van der Waals surface area contributed by atoms with Crippen molar-refractivity contribution in [3.63, 3.8) is 0 Å². The molecule has 0 bridgehead atoms. The first-order valence-corrected chi connectivity index (χ1v) is 7.55. The van der Waals surface area contributed by atoms with E-state index in [9.17, 15) is 4.39 Å². The SMILES string of the molecule is Fc1ccc(N2CCCN(Cc3ccc(Cl)o3)CC2)cc1. The minimum atomic E-state index is -0.190. The fourth-order valence-electron chi connectivity index (χ4n) is 2.70. The zero-order valence-electron chi connectivity index (χ0n) is 11.8. The van der Waals surface area contributed by atoms with Crippen LogP contribution >= 0.6 is 11.6 Å². The average Bonchev–Trinajstić information content (AvgIpc) is 2.74. The summed E-state index contributed by atoms with van der Waals surface area (Å²) >= 11 is 5.80. The lowest BCUT2D eigenvalue weighted by Crippen LogP contribution is -2.30. The van der Waals surface area contributed by atoms with Crippen molar-refractivity contribution < 1.29 is 8.81 Å². The van der Waals surface area contributed by atoms with E-state index in [0.29, 0.717) is 5.22 Å². The number of furan rings is 1. The van der Waals surface area contributed by atoms with E-state index in [0.717, 1.165) is 50.6 Å². The first-order chi connectivity index (χ1) is 10.2. The molecular weight excluding hydrogens is 291 g/mol. The normalized spacial score (nSPS) is 17.0. The second kappa shape index (κ2) is 6.50. The van der Waals surface area contributed by atoms with E-state index in [1.54, 1.807) is 6.07 Å². The van der Waals surface area contributed by atoms with Gasteiger partial charge in [0.1, 0.15) is 11.6 Å². The van der Waals surface area contributed by atoms with Crippen LogP contribution < -0.4 is 4.90 Å². The van der Waals surface area contributed by atoms with Crippen LogP contribution in [-0.4, -0.2) is 31.1 Å². The number of halogens is 2. The van der Waals surface area contributed by atoms with Gasteiger partial charge in [0.05, 0.1) is 6.54 Å². The van der Waals surface area contributed by atoms with Crippen LogP contribution in [-0.2, 0) is 6.54 Å². The number of anilines is 1.